The maximum absolute atomic E-state index is 12.2. The molecule has 1 aromatic carbocycles. The Labute approximate surface area is 142 Å². The molecule has 0 spiro atoms. The number of carbonyl (C=O) groups excluding carboxylic acids is 1. The van der Waals surface area contributed by atoms with Crippen molar-refractivity contribution in [3.05, 3.63) is 24.3 Å². The van der Waals surface area contributed by atoms with Gasteiger partial charge in [-0.2, -0.15) is 13.2 Å². The minimum atomic E-state index is -4.50. The molecule has 1 rings (SSSR count). The van der Waals surface area contributed by atoms with E-state index >= 15 is 0 Å². The fourth-order valence-corrected chi connectivity index (χ4v) is 1.92. The highest BCUT2D eigenvalue weighted by molar-refractivity contribution is 5.84. The second kappa shape index (κ2) is 9.14. The fraction of sp³-hybridized carbons (Fsp3) is 0.500. The van der Waals surface area contributed by atoms with Gasteiger partial charge in [-0.3, -0.25) is 4.79 Å². The molecule has 0 aliphatic heterocycles. The van der Waals surface area contributed by atoms with Crippen molar-refractivity contribution in [1.29, 1.82) is 0 Å². The number of hydrogen-bond acceptors (Lipinski definition) is 4. The van der Waals surface area contributed by atoms with E-state index in [1.807, 2.05) is 13.8 Å². The lowest BCUT2D eigenvalue weighted by molar-refractivity contribution is -0.153. The number of benzene rings is 1. The Morgan fingerprint density at radius 2 is 1.72 bits per heavy atom. The highest BCUT2D eigenvalue weighted by Gasteiger charge is 2.29. The summed E-state index contributed by atoms with van der Waals surface area (Å²) in [6.45, 7) is 1.59. The Kier molecular flexibility index (Phi) is 7.53. The lowest BCUT2D eigenvalue weighted by Gasteiger charge is -2.17. The van der Waals surface area contributed by atoms with Gasteiger partial charge in [0.05, 0.1) is 0 Å². The van der Waals surface area contributed by atoms with Crippen LogP contribution in [0.25, 0.3) is 0 Å². The molecule has 25 heavy (non-hydrogen) atoms. The van der Waals surface area contributed by atoms with E-state index in [2.05, 4.69) is 10.1 Å². The summed E-state index contributed by atoms with van der Waals surface area (Å²) in [5, 5.41) is 11.4. The van der Waals surface area contributed by atoms with Crippen LogP contribution in [-0.4, -0.2) is 42.4 Å². The average molecular weight is 363 g/mol. The quantitative estimate of drug-likeness (QED) is 0.705. The summed E-state index contributed by atoms with van der Waals surface area (Å²) in [7, 11) is 0. The van der Waals surface area contributed by atoms with Crippen LogP contribution < -0.4 is 14.8 Å². The molecule has 2 N–H and O–H groups in total. The van der Waals surface area contributed by atoms with Crippen LogP contribution in [0.5, 0.6) is 11.5 Å². The normalized spacial score (nSPS) is 12.6. The third-order valence-electron chi connectivity index (χ3n) is 2.94. The molecule has 0 radical (unpaired) electrons. The van der Waals surface area contributed by atoms with Crippen LogP contribution >= 0.6 is 0 Å². The van der Waals surface area contributed by atoms with Crippen LogP contribution in [-0.2, 0) is 9.59 Å². The lowest BCUT2D eigenvalue weighted by Crippen LogP contribution is -2.43. The van der Waals surface area contributed by atoms with Gasteiger partial charge >= 0.3 is 12.1 Å². The van der Waals surface area contributed by atoms with Crippen LogP contribution in [0.15, 0.2) is 24.3 Å². The first kappa shape index (κ1) is 20.6. The van der Waals surface area contributed by atoms with Gasteiger partial charge in [0, 0.05) is 0 Å². The number of carboxylic acids is 1. The van der Waals surface area contributed by atoms with Crippen molar-refractivity contribution in [3.63, 3.8) is 0 Å². The molecule has 0 heterocycles. The molecular formula is C16H20F3NO5. The van der Waals surface area contributed by atoms with Crippen LogP contribution in [0.1, 0.15) is 20.3 Å². The first-order valence-electron chi connectivity index (χ1n) is 7.52. The van der Waals surface area contributed by atoms with Gasteiger partial charge in [-0.15, -0.1) is 0 Å². The lowest BCUT2D eigenvalue weighted by atomic mass is 10.0. The van der Waals surface area contributed by atoms with E-state index in [4.69, 9.17) is 9.84 Å². The highest BCUT2D eigenvalue weighted by atomic mass is 19.4. The summed E-state index contributed by atoms with van der Waals surface area (Å²) < 4.78 is 46.5. The molecule has 1 atom stereocenters. The van der Waals surface area contributed by atoms with Crippen molar-refractivity contribution >= 4 is 11.9 Å². The molecule has 0 saturated heterocycles. The smallest absolute Gasteiger partial charge is 0.422 e. The van der Waals surface area contributed by atoms with Crippen LogP contribution in [0.4, 0.5) is 13.2 Å². The maximum atomic E-state index is 12.2. The van der Waals surface area contributed by atoms with Crippen LogP contribution in [0.3, 0.4) is 0 Å². The first-order chi connectivity index (χ1) is 11.6. The van der Waals surface area contributed by atoms with Crippen molar-refractivity contribution in [3.8, 4) is 11.5 Å². The molecule has 0 saturated carbocycles. The number of carboxylic acid groups (broad SMARTS) is 1. The van der Waals surface area contributed by atoms with E-state index in [1.54, 1.807) is 0 Å². The zero-order chi connectivity index (χ0) is 19.0. The number of aliphatic carboxylic acids is 1. The Balaban J connectivity index is 2.62. The predicted octanol–water partition coefficient (Wildman–Crippen LogP) is 2.62. The monoisotopic (exact) mass is 363 g/mol. The Bertz CT molecular complexity index is 589. The SMILES string of the molecule is CC(C)CC(NC(=O)COc1ccccc1OCC(F)(F)F)C(=O)O. The standard InChI is InChI=1S/C16H20F3NO5/c1-10(2)7-11(15(22)23)20-14(21)8-24-12-5-3-4-6-13(12)25-9-16(17,18)19/h3-6,10-11H,7-9H2,1-2H3,(H,20,21)(H,22,23). The molecule has 0 bridgehead atoms. The molecular weight excluding hydrogens is 343 g/mol. The van der Waals surface area contributed by atoms with E-state index in [-0.39, 0.29) is 23.8 Å². The van der Waals surface area contributed by atoms with E-state index in [0.717, 1.165) is 0 Å². The molecule has 6 nitrogen and oxygen atoms in total. The largest absolute Gasteiger partial charge is 0.480 e. The topological polar surface area (TPSA) is 84.9 Å². The number of carbonyl (C=O) groups is 2. The van der Waals surface area contributed by atoms with Gasteiger partial charge in [-0.05, 0) is 24.5 Å². The Morgan fingerprint density at radius 1 is 1.16 bits per heavy atom. The Hall–Kier alpha value is -2.45. The summed E-state index contributed by atoms with van der Waals surface area (Å²) in [5.41, 5.74) is 0. The van der Waals surface area contributed by atoms with E-state index in [9.17, 15) is 22.8 Å². The number of hydrogen-bond donors (Lipinski definition) is 2. The second-order valence-corrected chi connectivity index (χ2v) is 5.73. The first-order valence-corrected chi connectivity index (χ1v) is 7.52. The summed E-state index contributed by atoms with van der Waals surface area (Å²) in [5.74, 6) is -2.02. The number of halogens is 3. The molecule has 0 aliphatic rings. The molecule has 9 heteroatoms. The maximum Gasteiger partial charge on any atom is 0.422 e. The second-order valence-electron chi connectivity index (χ2n) is 5.73. The summed E-state index contributed by atoms with van der Waals surface area (Å²) in [4.78, 5) is 22.9. The molecule has 0 aliphatic carbocycles. The number of rotatable bonds is 9. The van der Waals surface area contributed by atoms with Crippen molar-refractivity contribution < 1.29 is 37.3 Å². The molecule has 1 aromatic rings. The van der Waals surface area contributed by atoms with Crippen LogP contribution in [0, 0.1) is 5.92 Å². The van der Waals surface area contributed by atoms with Gasteiger partial charge in [-0.1, -0.05) is 26.0 Å². The minimum absolute atomic E-state index is 0.0439. The van der Waals surface area contributed by atoms with Gasteiger partial charge < -0.3 is 19.9 Å². The van der Waals surface area contributed by atoms with Crippen molar-refractivity contribution in [2.24, 2.45) is 5.92 Å². The molecule has 0 fully saturated rings. The third kappa shape index (κ3) is 8.27. The minimum Gasteiger partial charge on any atom is -0.480 e. The number of alkyl halides is 3. The zero-order valence-electron chi connectivity index (χ0n) is 13.8. The zero-order valence-corrected chi connectivity index (χ0v) is 13.8. The van der Waals surface area contributed by atoms with Crippen molar-refractivity contribution in [2.45, 2.75) is 32.5 Å². The Morgan fingerprint density at radius 3 is 2.20 bits per heavy atom. The van der Waals surface area contributed by atoms with E-state index < -0.39 is 37.3 Å². The number of para-hydroxylation sites is 2. The third-order valence-corrected chi connectivity index (χ3v) is 2.94. The fourth-order valence-electron chi connectivity index (χ4n) is 1.92. The van der Waals surface area contributed by atoms with Gasteiger partial charge in [0.2, 0.25) is 0 Å². The highest BCUT2D eigenvalue weighted by Crippen LogP contribution is 2.28. The van der Waals surface area contributed by atoms with Gasteiger partial charge in [0.25, 0.3) is 5.91 Å². The molecule has 1 unspecified atom stereocenters. The molecule has 140 valence electrons. The molecule has 0 aromatic heterocycles. The summed E-state index contributed by atoms with van der Waals surface area (Å²) in [6, 6.07) is 4.53. The van der Waals surface area contributed by atoms with Crippen molar-refractivity contribution in [2.75, 3.05) is 13.2 Å². The predicted molar refractivity (Wildman–Crippen MR) is 82.5 cm³/mol. The van der Waals surface area contributed by atoms with Crippen LogP contribution in [0.2, 0.25) is 0 Å². The number of nitrogens with one attached hydrogen (secondary N) is 1. The van der Waals surface area contributed by atoms with Gasteiger partial charge in [0.1, 0.15) is 6.04 Å². The van der Waals surface area contributed by atoms with Gasteiger partial charge in [0.15, 0.2) is 24.7 Å². The van der Waals surface area contributed by atoms with E-state index in [0.29, 0.717) is 0 Å². The summed E-state index contributed by atoms with van der Waals surface area (Å²) >= 11 is 0. The number of amides is 1. The summed E-state index contributed by atoms with van der Waals surface area (Å²) in [6.07, 6.45) is -4.26. The van der Waals surface area contributed by atoms with E-state index in [1.165, 1.54) is 24.3 Å². The van der Waals surface area contributed by atoms with Crippen molar-refractivity contribution in [1.82, 2.24) is 5.32 Å². The average Bonchev–Trinajstić information content (AvgIpc) is 2.49. The molecule has 1 amide bonds. The van der Waals surface area contributed by atoms with Gasteiger partial charge in [-0.25, -0.2) is 4.79 Å². The number of ether oxygens (including phenoxy) is 2.